The standard InChI is InChI=1S/C42H53ClN2O4/c1-5-6-7-8-9-10-11-12-13-14-15-16-17-18-19-20-21-22-39(46)45-32-31-37(33-45)44(4)41(48)42(2,3)49-38-29-25-35(26-30-38)40(47)34-23-27-36(43)28-24-34/h6-7,9-10,12-13,15-16,18-19,23-30,37H,5,8,11,14,17,20-22,31-33H2,1-4H3/b7-6-,10-9-,13-12-,16-15-,19-18-/t37-/m0/s1. The maximum absolute atomic E-state index is 13.5. The van der Waals surface area contributed by atoms with Crippen molar-refractivity contribution in [1.29, 1.82) is 0 Å². The number of likely N-dealkylation sites (N-methyl/N-ethyl adjacent to an activating group) is 1. The van der Waals surface area contributed by atoms with E-state index in [9.17, 15) is 14.4 Å². The Balaban J connectivity index is 1.33. The number of ether oxygens (including phenoxy) is 1. The van der Waals surface area contributed by atoms with Crippen molar-refractivity contribution in [1.82, 2.24) is 9.80 Å². The quantitative estimate of drug-likeness (QED) is 0.0840. The van der Waals surface area contributed by atoms with E-state index in [0.29, 0.717) is 41.4 Å². The Morgan fingerprint density at radius 2 is 1.33 bits per heavy atom. The van der Waals surface area contributed by atoms with Crippen molar-refractivity contribution in [3.8, 4) is 5.75 Å². The van der Waals surface area contributed by atoms with Gasteiger partial charge >= 0.3 is 0 Å². The number of rotatable bonds is 19. The van der Waals surface area contributed by atoms with Crippen LogP contribution in [0.4, 0.5) is 0 Å². The predicted molar refractivity (Wildman–Crippen MR) is 202 cm³/mol. The highest BCUT2D eigenvalue weighted by Crippen LogP contribution is 2.25. The number of ketones is 1. The van der Waals surface area contributed by atoms with E-state index in [1.165, 1.54) is 0 Å². The van der Waals surface area contributed by atoms with Crippen molar-refractivity contribution in [2.24, 2.45) is 0 Å². The van der Waals surface area contributed by atoms with Crippen LogP contribution in [0, 0.1) is 0 Å². The van der Waals surface area contributed by atoms with Gasteiger partial charge in [-0.1, -0.05) is 79.3 Å². The highest BCUT2D eigenvalue weighted by molar-refractivity contribution is 6.30. The largest absolute Gasteiger partial charge is 0.478 e. The van der Waals surface area contributed by atoms with Crippen molar-refractivity contribution < 1.29 is 19.1 Å². The predicted octanol–water partition coefficient (Wildman–Crippen LogP) is 9.71. The maximum Gasteiger partial charge on any atom is 0.266 e. The molecule has 1 aliphatic rings. The van der Waals surface area contributed by atoms with E-state index in [1.54, 1.807) is 74.3 Å². The topological polar surface area (TPSA) is 66.9 Å². The number of halogens is 1. The Morgan fingerprint density at radius 3 is 1.88 bits per heavy atom. The fourth-order valence-electron chi connectivity index (χ4n) is 5.55. The zero-order valence-electron chi connectivity index (χ0n) is 29.7. The average molecular weight is 685 g/mol. The van der Waals surface area contributed by atoms with Gasteiger partial charge in [0.15, 0.2) is 11.4 Å². The molecular formula is C42H53ClN2O4. The van der Waals surface area contributed by atoms with Gasteiger partial charge in [-0.25, -0.2) is 0 Å². The molecule has 0 aromatic heterocycles. The van der Waals surface area contributed by atoms with Gasteiger partial charge in [-0.2, -0.15) is 0 Å². The van der Waals surface area contributed by atoms with Crippen LogP contribution in [-0.4, -0.2) is 59.2 Å². The molecule has 0 spiro atoms. The summed E-state index contributed by atoms with van der Waals surface area (Å²) < 4.78 is 6.10. The van der Waals surface area contributed by atoms with Crippen LogP contribution in [0.5, 0.6) is 5.75 Å². The van der Waals surface area contributed by atoms with E-state index in [4.69, 9.17) is 16.3 Å². The Labute approximate surface area is 298 Å². The summed E-state index contributed by atoms with van der Waals surface area (Å²) in [7, 11) is 1.78. The van der Waals surface area contributed by atoms with E-state index < -0.39 is 5.60 Å². The first-order valence-electron chi connectivity index (χ1n) is 17.5. The van der Waals surface area contributed by atoms with Gasteiger partial charge in [-0.15, -0.1) is 0 Å². The van der Waals surface area contributed by atoms with Gasteiger partial charge in [-0.05, 0) is 114 Å². The fraction of sp³-hybridized carbons (Fsp3) is 0.405. The summed E-state index contributed by atoms with van der Waals surface area (Å²) in [6.07, 6.45) is 29.7. The molecule has 1 aliphatic heterocycles. The molecule has 1 heterocycles. The molecule has 0 N–H and O–H groups in total. The lowest BCUT2D eigenvalue weighted by molar-refractivity contribution is -0.146. The van der Waals surface area contributed by atoms with E-state index in [-0.39, 0.29) is 23.6 Å². The minimum absolute atomic E-state index is 0.0651. The lowest BCUT2D eigenvalue weighted by atomic mass is 10.0. The first kappa shape index (κ1) is 39.3. The summed E-state index contributed by atoms with van der Waals surface area (Å²) in [4.78, 5) is 42.7. The van der Waals surface area contributed by atoms with Crippen LogP contribution in [0.15, 0.2) is 109 Å². The zero-order valence-corrected chi connectivity index (χ0v) is 30.4. The number of carbonyl (C=O) groups is 3. The molecule has 0 aliphatic carbocycles. The van der Waals surface area contributed by atoms with Gasteiger partial charge in [0, 0.05) is 42.7 Å². The van der Waals surface area contributed by atoms with Crippen LogP contribution in [0.25, 0.3) is 0 Å². The third-order valence-electron chi connectivity index (χ3n) is 8.41. The van der Waals surface area contributed by atoms with Gasteiger partial charge < -0.3 is 14.5 Å². The Morgan fingerprint density at radius 1 is 0.816 bits per heavy atom. The molecular weight excluding hydrogens is 632 g/mol. The minimum Gasteiger partial charge on any atom is -0.478 e. The lowest BCUT2D eigenvalue weighted by Crippen LogP contribution is -2.51. The summed E-state index contributed by atoms with van der Waals surface area (Å²) in [5.41, 5.74) is -0.0659. The number of benzene rings is 2. The lowest BCUT2D eigenvalue weighted by Gasteiger charge is -2.33. The second-order valence-electron chi connectivity index (χ2n) is 12.8. The molecule has 2 aromatic rings. The molecule has 6 nitrogen and oxygen atoms in total. The third-order valence-corrected chi connectivity index (χ3v) is 8.67. The van der Waals surface area contributed by atoms with Crippen LogP contribution in [0.3, 0.4) is 0 Å². The van der Waals surface area contributed by atoms with E-state index >= 15 is 0 Å². The molecule has 0 saturated carbocycles. The third kappa shape index (κ3) is 13.7. The molecule has 0 radical (unpaired) electrons. The van der Waals surface area contributed by atoms with Gasteiger partial charge in [0.2, 0.25) is 5.91 Å². The van der Waals surface area contributed by atoms with Gasteiger partial charge in [0.25, 0.3) is 5.91 Å². The second-order valence-corrected chi connectivity index (χ2v) is 13.2. The monoisotopic (exact) mass is 684 g/mol. The normalized spacial score (nSPS) is 15.4. The highest BCUT2D eigenvalue weighted by Gasteiger charge is 2.38. The number of likely N-dealkylation sites (tertiary alicyclic amines) is 1. The molecule has 3 rings (SSSR count). The van der Waals surface area contributed by atoms with Crippen LogP contribution in [-0.2, 0) is 9.59 Å². The van der Waals surface area contributed by atoms with Crippen molar-refractivity contribution in [3.63, 3.8) is 0 Å². The van der Waals surface area contributed by atoms with Crippen LogP contribution < -0.4 is 4.74 Å². The SMILES string of the molecule is CC/C=C\C/C=C\C/C=C\C/C=C\C/C=C\CCCC(=O)N1CC[C@H](N(C)C(=O)C(C)(C)Oc2ccc(C(=O)c3ccc(Cl)cc3)cc2)C1. The number of unbranched alkanes of at least 4 members (excludes halogenated alkanes) is 1. The molecule has 0 unspecified atom stereocenters. The number of amides is 2. The van der Waals surface area contributed by atoms with E-state index in [2.05, 4.69) is 67.7 Å². The molecule has 49 heavy (non-hydrogen) atoms. The minimum atomic E-state index is -1.13. The summed E-state index contributed by atoms with van der Waals surface area (Å²) in [6, 6.07) is 13.5. The van der Waals surface area contributed by atoms with E-state index in [1.807, 2.05) is 4.90 Å². The van der Waals surface area contributed by atoms with Gasteiger partial charge in [0.05, 0.1) is 6.04 Å². The summed E-state index contributed by atoms with van der Waals surface area (Å²) in [5.74, 6) is 0.355. The van der Waals surface area contributed by atoms with Crippen molar-refractivity contribution in [2.75, 3.05) is 20.1 Å². The number of nitrogens with zero attached hydrogens (tertiary/aromatic N) is 2. The molecule has 1 fully saturated rings. The summed E-state index contributed by atoms with van der Waals surface area (Å²) in [6.45, 7) is 6.80. The molecule has 2 aromatic carbocycles. The number of hydrogen-bond acceptors (Lipinski definition) is 4. The average Bonchev–Trinajstić information content (AvgIpc) is 3.60. The maximum atomic E-state index is 13.5. The highest BCUT2D eigenvalue weighted by atomic mass is 35.5. The van der Waals surface area contributed by atoms with Gasteiger partial charge in [-0.3, -0.25) is 14.4 Å². The Hall–Kier alpha value is -4.16. The molecule has 1 atom stereocenters. The Bertz CT molecular complexity index is 1490. The van der Waals surface area contributed by atoms with Crippen molar-refractivity contribution in [3.05, 3.63) is 125 Å². The zero-order chi connectivity index (χ0) is 35.5. The van der Waals surface area contributed by atoms with Crippen LogP contribution in [0.2, 0.25) is 5.02 Å². The molecule has 262 valence electrons. The van der Waals surface area contributed by atoms with Gasteiger partial charge in [0.1, 0.15) is 5.75 Å². The van der Waals surface area contributed by atoms with Crippen LogP contribution >= 0.6 is 11.6 Å². The summed E-state index contributed by atoms with van der Waals surface area (Å²) >= 11 is 5.94. The first-order valence-corrected chi connectivity index (χ1v) is 17.9. The molecule has 2 amide bonds. The smallest absolute Gasteiger partial charge is 0.266 e. The second kappa shape index (κ2) is 21.0. The molecule has 7 heteroatoms. The van der Waals surface area contributed by atoms with Crippen molar-refractivity contribution >= 4 is 29.2 Å². The fourth-order valence-corrected chi connectivity index (χ4v) is 5.68. The first-order chi connectivity index (χ1) is 23.6. The van der Waals surface area contributed by atoms with E-state index in [0.717, 1.165) is 51.4 Å². The van der Waals surface area contributed by atoms with Crippen LogP contribution in [0.1, 0.15) is 94.5 Å². The Kier molecular flexibility index (Phi) is 16.9. The summed E-state index contributed by atoms with van der Waals surface area (Å²) in [5, 5.41) is 0.571. The molecule has 0 bridgehead atoms. The molecule has 1 saturated heterocycles. The number of carbonyl (C=O) groups excluding carboxylic acids is 3. The number of allylic oxidation sites excluding steroid dienone is 10. The van der Waals surface area contributed by atoms with Crippen molar-refractivity contribution in [2.45, 2.75) is 90.2 Å². The number of hydrogen-bond donors (Lipinski definition) is 0.